The Labute approximate surface area is 140 Å². The van der Waals surface area contributed by atoms with Crippen molar-refractivity contribution in [2.45, 2.75) is 70.8 Å². The Morgan fingerprint density at radius 2 is 1.65 bits per heavy atom. The monoisotopic (exact) mass is 314 g/mol. The normalized spacial score (nSPS) is 31.6. The summed E-state index contributed by atoms with van der Waals surface area (Å²) in [5, 5.41) is 11.0. The number of hydrogen-bond acceptors (Lipinski definition) is 2. The fourth-order valence-corrected chi connectivity index (χ4v) is 4.80. The number of hydrogen-bond donors (Lipinski definition) is 1. The standard InChI is InChI=1S/C21H30O2/c1-21(19(22)17-12-6-3-7-13-17)15-9-8-14-18(20(21)23)16-10-4-2-5-11-16/h3,6-7,12-13,16,18-19,22H,2,4-5,8-11,14-15H2,1H3/t18-,19?,21-/m1/s1. The zero-order valence-electron chi connectivity index (χ0n) is 14.3. The SMILES string of the molecule is C[C@]1(C(O)c2ccccc2)CCCC[C@H](C2CCCCC2)C1=O. The second-order valence-electron chi connectivity index (χ2n) is 7.85. The first-order valence-electron chi connectivity index (χ1n) is 9.40. The van der Waals surface area contributed by atoms with Gasteiger partial charge in [0.15, 0.2) is 0 Å². The van der Waals surface area contributed by atoms with E-state index < -0.39 is 11.5 Å². The van der Waals surface area contributed by atoms with Crippen LogP contribution in [0.25, 0.3) is 0 Å². The van der Waals surface area contributed by atoms with Crippen molar-refractivity contribution in [1.29, 1.82) is 0 Å². The van der Waals surface area contributed by atoms with Crippen LogP contribution in [0.15, 0.2) is 30.3 Å². The number of aliphatic hydroxyl groups excluding tert-OH is 1. The van der Waals surface area contributed by atoms with Crippen molar-refractivity contribution in [3.8, 4) is 0 Å². The Balaban J connectivity index is 1.85. The van der Waals surface area contributed by atoms with E-state index in [1.54, 1.807) is 0 Å². The summed E-state index contributed by atoms with van der Waals surface area (Å²) in [4.78, 5) is 13.4. The summed E-state index contributed by atoms with van der Waals surface area (Å²) in [6, 6.07) is 9.75. The quantitative estimate of drug-likeness (QED) is 0.791. The summed E-state index contributed by atoms with van der Waals surface area (Å²) in [5.41, 5.74) is 0.257. The first-order valence-corrected chi connectivity index (χ1v) is 9.40. The number of benzene rings is 1. The molecule has 0 aliphatic heterocycles. The van der Waals surface area contributed by atoms with Gasteiger partial charge in [-0.05, 0) is 44.1 Å². The predicted molar refractivity (Wildman–Crippen MR) is 93.0 cm³/mol. The summed E-state index contributed by atoms with van der Waals surface area (Å²) in [6.45, 7) is 2.01. The van der Waals surface area contributed by atoms with Gasteiger partial charge in [0.05, 0.1) is 11.5 Å². The molecular formula is C21H30O2. The Kier molecular flexibility index (Phi) is 5.21. The van der Waals surface area contributed by atoms with Crippen molar-refractivity contribution in [2.24, 2.45) is 17.3 Å². The molecule has 2 aliphatic carbocycles. The molecule has 1 aromatic rings. The summed E-state index contributed by atoms with van der Waals surface area (Å²) >= 11 is 0. The molecule has 2 heteroatoms. The molecule has 2 nitrogen and oxygen atoms in total. The molecule has 0 radical (unpaired) electrons. The first kappa shape index (κ1) is 16.7. The van der Waals surface area contributed by atoms with Crippen molar-refractivity contribution in [2.75, 3.05) is 0 Å². The van der Waals surface area contributed by atoms with Gasteiger partial charge in [-0.3, -0.25) is 4.79 Å². The number of rotatable bonds is 3. The minimum absolute atomic E-state index is 0.168. The van der Waals surface area contributed by atoms with Gasteiger partial charge in [0.25, 0.3) is 0 Å². The predicted octanol–water partition coefficient (Wildman–Crippen LogP) is 5.07. The molecule has 0 bridgehead atoms. The van der Waals surface area contributed by atoms with E-state index in [4.69, 9.17) is 0 Å². The van der Waals surface area contributed by atoms with Gasteiger partial charge in [0.1, 0.15) is 5.78 Å². The lowest BCUT2D eigenvalue weighted by Gasteiger charge is -2.37. The number of carbonyl (C=O) groups excluding carboxylic acids is 1. The minimum atomic E-state index is -0.680. The average molecular weight is 314 g/mol. The Morgan fingerprint density at radius 3 is 2.35 bits per heavy atom. The highest BCUT2D eigenvalue weighted by Crippen LogP contribution is 2.47. The lowest BCUT2D eigenvalue weighted by molar-refractivity contribution is -0.141. The molecule has 1 unspecified atom stereocenters. The van der Waals surface area contributed by atoms with Crippen LogP contribution in [-0.2, 0) is 4.79 Å². The van der Waals surface area contributed by atoms with E-state index in [1.807, 2.05) is 37.3 Å². The zero-order chi connectivity index (χ0) is 16.3. The highest BCUT2D eigenvalue weighted by atomic mass is 16.3. The maximum Gasteiger partial charge on any atom is 0.145 e. The van der Waals surface area contributed by atoms with Gasteiger partial charge in [-0.2, -0.15) is 0 Å². The van der Waals surface area contributed by atoms with E-state index >= 15 is 0 Å². The van der Waals surface area contributed by atoms with Gasteiger partial charge >= 0.3 is 0 Å². The third kappa shape index (κ3) is 3.38. The number of Topliss-reactive ketones (excluding diaryl/α,β-unsaturated/α-hetero) is 1. The van der Waals surface area contributed by atoms with Crippen LogP contribution in [-0.4, -0.2) is 10.9 Å². The maximum absolute atomic E-state index is 13.4. The van der Waals surface area contributed by atoms with Gasteiger partial charge in [-0.25, -0.2) is 0 Å². The number of carbonyl (C=O) groups is 1. The summed E-state index contributed by atoms with van der Waals surface area (Å²) in [7, 11) is 0. The molecule has 0 heterocycles. The van der Waals surface area contributed by atoms with Crippen LogP contribution < -0.4 is 0 Å². The van der Waals surface area contributed by atoms with Crippen LogP contribution in [0.5, 0.6) is 0 Å². The molecule has 1 aromatic carbocycles. The fraction of sp³-hybridized carbons (Fsp3) is 0.667. The Bertz CT molecular complexity index is 518. The number of ketones is 1. The van der Waals surface area contributed by atoms with Crippen molar-refractivity contribution in [3.63, 3.8) is 0 Å². The van der Waals surface area contributed by atoms with Gasteiger partial charge in [-0.1, -0.05) is 62.4 Å². The summed E-state index contributed by atoms with van der Waals surface area (Å²) in [5.74, 6) is 1.05. The van der Waals surface area contributed by atoms with Crippen LogP contribution in [0, 0.1) is 17.3 Å². The van der Waals surface area contributed by atoms with Crippen LogP contribution in [0.1, 0.15) is 76.4 Å². The molecular weight excluding hydrogens is 284 g/mol. The molecule has 23 heavy (non-hydrogen) atoms. The third-order valence-corrected chi connectivity index (χ3v) is 6.30. The Hall–Kier alpha value is -1.15. The minimum Gasteiger partial charge on any atom is -0.387 e. The number of aliphatic hydroxyl groups is 1. The van der Waals surface area contributed by atoms with E-state index in [0.29, 0.717) is 11.7 Å². The summed E-state index contributed by atoms with van der Waals surface area (Å²) < 4.78 is 0. The van der Waals surface area contributed by atoms with Crippen LogP contribution in [0.2, 0.25) is 0 Å². The van der Waals surface area contributed by atoms with Gasteiger partial charge in [0.2, 0.25) is 0 Å². The van der Waals surface area contributed by atoms with E-state index in [-0.39, 0.29) is 5.92 Å². The second kappa shape index (κ2) is 7.17. The highest BCUT2D eigenvalue weighted by Gasteiger charge is 2.46. The first-order chi connectivity index (χ1) is 11.1. The lowest BCUT2D eigenvalue weighted by atomic mass is 9.67. The van der Waals surface area contributed by atoms with Crippen molar-refractivity contribution in [3.05, 3.63) is 35.9 Å². The average Bonchev–Trinajstić information content (AvgIpc) is 2.76. The molecule has 0 saturated heterocycles. The lowest BCUT2D eigenvalue weighted by Crippen LogP contribution is -2.40. The molecule has 2 aliphatic rings. The topological polar surface area (TPSA) is 37.3 Å². The van der Waals surface area contributed by atoms with Gasteiger partial charge < -0.3 is 5.11 Å². The van der Waals surface area contributed by atoms with Crippen molar-refractivity contribution in [1.82, 2.24) is 0 Å². The highest BCUT2D eigenvalue weighted by molar-refractivity contribution is 5.88. The van der Waals surface area contributed by atoms with Crippen LogP contribution in [0.3, 0.4) is 0 Å². The van der Waals surface area contributed by atoms with Gasteiger partial charge in [-0.15, -0.1) is 0 Å². The molecule has 3 rings (SSSR count). The molecule has 3 atom stereocenters. The second-order valence-corrected chi connectivity index (χ2v) is 7.85. The van der Waals surface area contributed by atoms with E-state index in [0.717, 1.165) is 31.2 Å². The van der Waals surface area contributed by atoms with Crippen LogP contribution in [0.4, 0.5) is 0 Å². The van der Waals surface area contributed by atoms with E-state index in [1.165, 1.54) is 32.1 Å². The molecule has 0 aromatic heterocycles. The Morgan fingerprint density at radius 1 is 1.00 bits per heavy atom. The molecule has 0 spiro atoms. The molecule has 2 saturated carbocycles. The maximum atomic E-state index is 13.4. The van der Waals surface area contributed by atoms with Crippen molar-refractivity contribution >= 4 is 5.78 Å². The zero-order valence-corrected chi connectivity index (χ0v) is 14.3. The third-order valence-electron chi connectivity index (χ3n) is 6.30. The summed E-state index contributed by atoms with van der Waals surface area (Å²) in [6.07, 6.45) is 9.60. The van der Waals surface area contributed by atoms with E-state index in [2.05, 4.69) is 0 Å². The smallest absolute Gasteiger partial charge is 0.145 e. The molecule has 1 N–H and O–H groups in total. The van der Waals surface area contributed by atoms with Crippen LogP contribution >= 0.6 is 0 Å². The molecule has 2 fully saturated rings. The van der Waals surface area contributed by atoms with E-state index in [9.17, 15) is 9.90 Å². The fourth-order valence-electron chi connectivity index (χ4n) is 4.80. The molecule has 0 amide bonds. The molecule has 126 valence electrons. The largest absolute Gasteiger partial charge is 0.387 e. The van der Waals surface area contributed by atoms with Gasteiger partial charge in [0, 0.05) is 5.92 Å². The van der Waals surface area contributed by atoms with Crippen molar-refractivity contribution < 1.29 is 9.90 Å².